The van der Waals surface area contributed by atoms with Crippen molar-refractivity contribution in [2.45, 2.75) is 24.8 Å². The lowest BCUT2D eigenvalue weighted by molar-refractivity contribution is 0.596. The molecule has 1 aromatic carbocycles. The average molecular weight is 462 g/mol. The van der Waals surface area contributed by atoms with Crippen molar-refractivity contribution in [2.75, 3.05) is 10.5 Å². The molecule has 3 heterocycles. The standard InChI is InChI=1S/C22H19N7O3S/c1-13(2)29-20-16(12-26-22(24)27-20)9-17(21(29)30)15-7-8-19(25-11-15)28-33(31,32)18-6-4-3-5-14(18)10-23/h3-9,11-13H,1-2H3,(H,25,28)(H2,24,26,27). The number of hydrogen-bond donors (Lipinski definition) is 2. The number of fused-ring (bicyclic) bond motifs is 1. The maximum atomic E-state index is 13.2. The molecule has 3 aromatic heterocycles. The van der Waals surface area contributed by atoms with Crippen LogP contribution in [0.5, 0.6) is 0 Å². The minimum absolute atomic E-state index is 0.0230. The number of sulfonamides is 1. The molecule has 0 aliphatic carbocycles. The number of hydrogen-bond acceptors (Lipinski definition) is 8. The van der Waals surface area contributed by atoms with Crippen LogP contribution in [0.1, 0.15) is 25.5 Å². The minimum atomic E-state index is -4.02. The third-order valence-corrected chi connectivity index (χ3v) is 6.33. The maximum absolute atomic E-state index is 13.2. The van der Waals surface area contributed by atoms with Gasteiger partial charge in [-0.3, -0.25) is 14.1 Å². The van der Waals surface area contributed by atoms with Gasteiger partial charge in [-0.2, -0.15) is 10.2 Å². The van der Waals surface area contributed by atoms with E-state index in [0.717, 1.165) is 0 Å². The van der Waals surface area contributed by atoms with Crippen LogP contribution in [0.3, 0.4) is 0 Å². The van der Waals surface area contributed by atoms with Gasteiger partial charge in [-0.15, -0.1) is 0 Å². The van der Waals surface area contributed by atoms with Crippen molar-refractivity contribution in [3.05, 3.63) is 70.8 Å². The summed E-state index contributed by atoms with van der Waals surface area (Å²) in [6.45, 7) is 3.72. The molecule has 10 nitrogen and oxygen atoms in total. The molecular weight excluding hydrogens is 442 g/mol. The van der Waals surface area contributed by atoms with Crippen LogP contribution in [0.2, 0.25) is 0 Å². The molecule has 0 fully saturated rings. The maximum Gasteiger partial charge on any atom is 0.264 e. The molecule has 0 unspecified atom stereocenters. The van der Waals surface area contributed by atoms with E-state index in [1.165, 1.54) is 35.0 Å². The van der Waals surface area contributed by atoms with Crippen molar-refractivity contribution in [3.8, 4) is 17.2 Å². The molecular formula is C22H19N7O3S. The van der Waals surface area contributed by atoms with Gasteiger partial charge in [-0.1, -0.05) is 12.1 Å². The zero-order valence-electron chi connectivity index (χ0n) is 17.7. The number of anilines is 2. The fraction of sp³-hybridized carbons (Fsp3) is 0.136. The van der Waals surface area contributed by atoms with Crippen LogP contribution >= 0.6 is 0 Å². The van der Waals surface area contributed by atoms with Crippen molar-refractivity contribution in [2.24, 2.45) is 0 Å². The largest absolute Gasteiger partial charge is 0.368 e. The second kappa shape index (κ2) is 8.33. The number of nitrogens with one attached hydrogen (secondary N) is 1. The first-order chi connectivity index (χ1) is 15.7. The molecule has 0 aliphatic heterocycles. The first kappa shape index (κ1) is 21.9. The Morgan fingerprint density at radius 2 is 1.88 bits per heavy atom. The lowest BCUT2D eigenvalue weighted by Crippen LogP contribution is -2.25. The van der Waals surface area contributed by atoms with Crippen LogP contribution in [0.4, 0.5) is 11.8 Å². The predicted octanol–water partition coefficient (Wildman–Crippen LogP) is 2.69. The summed E-state index contributed by atoms with van der Waals surface area (Å²) in [4.78, 5) is 25.4. The smallest absolute Gasteiger partial charge is 0.264 e. The van der Waals surface area contributed by atoms with Gasteiger partial charge in [0.05, 0.1) is 5.56 Å². The summed E-state index contributed by atoms with van der Waals surface area (Å²) in [5, 5.41) is 9.81. The van der Waals surface area contributed by atoms with Gasteiger partial charge in [-0.25, -0.2) is 18.4 Å². The zero-order chi connectivity index (χ0) is 23.8. The summed E-state index contributed by atoms with van der Waals surface area (Å²) in [6, 6.07) is 12.2. The molecule has 11 heteroatoms. The minimum Gasteiger partial charge on any atom is -0.368 e. The number of nitrogen functional groups attached to an aromatic ring is 1. The highest BCUT2D eigenvalue weighted by Gasteiger charge is 2.19. The number of benzene rings is 1. The van der Waals surface area contributed by atoms with Gasteiger partial charge < -0.3 is 5.73 Å². The van der Waals surface area contributed by atoms with Crippen molar-refractivity contribution < 1.29 is 8.42 Å². The van der Waals surface area contributed by atoms with E-state index in [-0.39, 0.29) is 33.8 Å². The third kappa shape index (κ3) is 4.11. The first-order valence-electron chi connectivity index (χ1n) is 9.87. The van der Waals surface area contributed by atoms with E-state index in [9.17, 15) is 18.5 Å². The molecule has 0 saturated heterocycles. The normalized spacial score (nSPS) is 11.5. The summed E-state index contributed by atoms with van der Waals surface area (Å²) in [5.74, 6) is 0.118. The van der Waals surface area contributed by atoms with Crippen molar-refractivity contribution >= 4 is 32.8 Å². The Bertz CT molecular complexity index is 1570. The Kier molecular flexibility index (Phi) is 5.53. The van der Waals surface area contributed by atoms with Crippen LogP contribution in [-0.4, -0.2) is 27.9 Å². The van der Waals surface area contributed by atoms with E-state index >= 15 is 0 Å². The number of pyridine rings is 2. The summed E-state index contributed by atoms with van der Waals surface area (Å²) >= 11 is 0. The molecule has 0 amide bonds. The molecule has 4 aromatic rings. The summed E-state index contributed by atoms with van der Waals surface area (Å²) in [5.41, 5.74) is 6.72. The van der Waals surface area contributed by atoms with Gasteiger partial charge in [0, 0.05) is 34.9 Å². The summed E-state index contributed by atoms with van der Waals surface area (Å²) in [6.07, 6.45) is 2.95. The Morgan fingerprint density at radius 3 is 2.55 bits per heavy atom. The fourth-order valence-corrected chi connectivity index (χ4v) is 4.59. The van der Waals surface area contributed by atoms with Crippen LogP contribution in [0.25, 0.3) is 22.2 Å². The Morgan fingerprint density at radius 1 is 1.12 bits per heavy atom. The van der Waals surface area contributed by atoms with Crippen molar-refractivity contribution in [1.29, 1.82) is 5.26 Å². The fourth-order valence-electron chi connectivity index (χ4n) is 3.42. The SMILES string of the molecule is CC(C)n1c(=O)c(-c2ccc(NS(=O)(=O)c3ccccc3C#N)nc2)cc2cnc(N)nc21. The van der Waals surface area contributed by atoms with E-state index < -0.39 is 10.0 Å². The molecule has 4 rings (SSSR count). The van der Waals surface area contributed by atoms with Gasteiger partial charge >= 0.3 is 0 Å². The first-order valence-corrected chi connectivity index (χ1v) is 11.4. The van der Waals surface area contributed by atoms with E-state index in [4.69, 9.17) is 5.73 Å². The quantitative estimate of drug-likeness (QED) is 0.459. The van der Waals surface area contributed by atoms with Gasteiger partial charge in [0.25, 0.3) is 15.6 Å². The topological polar surface area (TPSA) is 157 Å². The van der Waals surface area contributed by atoms with Gasteiger partial charge in [0.2, 0.25) is 5.95 Å². The lowest BCUT2D eigenvalue weighted by Gasteiger charge is -2.15. The molecule has 0 spiro atoms. The highest BCUT2D eigenvalue weighted by atomic mass is 32.2. The number of aromatic nitrogens is 4. The van der Waals surface area contributed by atoms with Gasteiger partial charge in [-0.05, 0) is 44.2 Å². The van der Waals surface area contributed by atoms with Crippen LogP contribution in [0.15, 0.2) is 64.5 Å². The highest BCUT2D eigenvalue weighted by Crippen LogP contribution is 2.24. The van der Waals surface area contributed by atoms with Crippen molar-refractivity contribution in [3.63, 3.8) is 0 Å². The van der Waals surface area contributed by atoms with E-state index in [1.54, 1.807) is 24.4 Å². The molecule has 0 atom stereocenters. The number of rotatable bonds is 5. The molecule has 33 heavy (non-hydrogen) atoms. The molecule has 3 N–H and O–H groups in total. The predicted molar refractivity (Wildman–Crippen MR) is 124 cm³/mol. The molecule has 166 valence electrons. The van der Waals surface area contributed by atoms with Gasteiger partial charge in [0.15, 0.2) is 0 Å². The summed E-state index contributed by atoms with van der Waals surface area (Å²) in [7, 11) is -4.02. The Balaban J connectivity index is 1.74. The average Bonchev–Trinajstić information content (AvgIpc) is 2.78. The molecule has 0 saturated carbocycles. The zero-order valence-corrected chi connectivity index (χ0v) is 18.5. The molecule has 0 bridgehead atoms. The van der Waals surface area contributed by atoms with E-state index in [2.05, 4.69) is 19.7 Å². The van der Waals surface area contributed by atoms with Crippen LogP contribution in [-0.2, 0) is 10.0 Å². The second-order valence-electron chi connectivity index (χ2n) is 7.48. The number of nitriles is 1. The van der Waals surface area contributed by atoms with Gasteiger partial charge in [0.1, 0.15) is 22.4 Å². The van der Waals surface area contributed by atoms with Crippen LogP contribution < -0.4 is 16.0 Å². The lowest BCUT2D eigenvalue weighted by atomic mass is 10.1. The third-order valence-electron chi connectivity index (χ3n) is 4.92. The van der Waals surface area contributed by atoms with E-state index in [1.807, 2.05) is 19.9 Å². The van der Waals surface area contributed by atoms with E-state index in [0.29, 0.717) is 22.2 Å². The van der Waals surface area contributed by atoms with Crippen molar-refractivity contribution in [1.82, 2.24) is 19.5 Å². The molecule has 0 radical (unpaired) electrons. The highest BCUT2D eigenvalue weighted by molar-refractivity contribution is 7.92. The number of nitrogens with two attached hydrogens (primary N) is 1. The summed E-state index contributed by atoms with van der Waals surface area (Å²) < 4.78 is 29.3. The van der Waals surface area contributed by atoms with Crippen LogP contribution in [0, 0.1) is 11.3 Å². The Hall–Kier alpha value is -4.30. The Labute approximate surface area is 189 Å². The monoisotopic (exact) mass is 461 g/mol. The second-order valence-corrected chi connectivity index (χ2v) is 9.13. The number of nitrogens with zero attached hydrogens (tertiary/aromatic N) is 5. The molecule has 0 aliphatic rings.